The standard InChI is InChI=1S/C19H14N4O3S/c24-18-16-14(11-4-2-1-3-5-11)10-15(20-17(16)21-19(27)22-18)12-6-8-13(9-7-12)23(25)26/h1-10,14H,(H3,20,21,22,24,27). The largest absolute Gasteiger partial charge is 0.341 e. The average molecular weight is 378 g/mol. The minimum atomic E-state index is -0.439. The molecule has 3 aromatic rings. The number of nitrogens with one attached hydrogen (secondary N) is 3. The van der Waals surface area contributed by atoms with E-state index >= 15 is 0 Å². The molecule has 1 atom stereocenters. The second-order valence-electron chi connectivity index (χ2n) is 6.09. The fraction of sp³-hybridized carbons (Fsp3) is 0.0526. The fourth-order valence-electron chi connectivity index (χ4n) is 3.17. The molecule has 7 nitrogen and oxygen atoms in total. The van der Waals surface area contributed by atoms with Crippen LogP contribution in [-0.2, 0) is 0 Å². The van der Waals surface area contributed by atoms with Gasteiger partial charge in [0.2, 0.25) is 0 Å². The van der Waals surface area contributed by atoms with Gasteiger partial charge in [-0.05, 0) is 41.6 Å². The number of benzene rings is 2. The van der Waals surface area contributed by atoms with Crippen molar-refractivity contribution in [2.45, 2.75) is 5.92 Å². The quantitative estimate of drug-likeness (QED) is 0.364. The molecule has 1 aliphatic heterocycles. The monoisotopic (exact) mass is 378 g/mol. The predicted molar refractivity (Wildman–Crippen MR) is 105 cm³/mol. The number of fused-ring (bicyclic) bond motifs is 1. The van der Waals surface area contributed by atoms with E-state index in [0.29, 0.717) is 11.4 Å². The zero-order valence-electron chi connectivity index (χ0n) is 13.9. The summed E-state index contributed by atoms with van der Waals surface area (Å²) in [5.41, 5.74) is 2.77. The third-order valence-corrected chi connectivity index (χ3v) is 4.64. The van der Waals surface area contributed by atoms with E-state index in [-0.39, 0.29) is 21.9 Å². The molecular formula is C19H14N4O3S. The number of nitro benzene ring substituents is 1. The van der Waals surface area contributed by atoms with Crippen LogP contribution in [-0.4, -0.2) is 14.9 Å². The summed E-state index contributed by atoms with van der Waals surface area (Å²) in [4.78, 5) is 28.6. The summed E-state index contributed by atoms with van der Waals surface area (Å²) >= 11 is 5.10. The molecule has 1 aromatic heterocycles. The van der Waals surface area contributed by atoms with Crippen molar-refractivity contribution in [1.29, 1.82) is 0 Å². The van der Waals surface area contributed by atoms with Gasteiger partial charge < -0.3 is 10.3 Å². The number of H-pyrrole nitrogens is 2. The molecule has 0 spiro atoms. The van der Waals surface area contributed by atoms with Crippen molar-refractivity contribution in [2.75, 3.05) is 5.32 Å². The molecule has 8 heteroatoms. The Morgan fingerprint density at radius 2 is 1.70 bits per heavy atom. The third-order valence-electron chi connectivity index (χ3n) is 4.43. The molecule has 1 unspecified atom stereocenters. The van der Waals surface area contributed by atoms with Crippen LogP contribution in [0, 0.1) is 14.9 Å². The number of non-ortho nitro benzene ring substituents is 1. The summed E-state index contributed by atoms with van der Waals surface area (Å²) in [5.74, 6) is 0.233. The van der Waals surface area contributed by atoms with Crippen LogP contribution in [0.2, 0.25) is 0 Å². The van der Waals surface area contributed by atoms with Crippen LogP contribution < -0.4 is 10.9 Å². The highest BCUT2D eigenvalue weighted by Gasteiger charge is 2.26. The zero-order valence-corrected chi connectivity index (χ0v) is 14.7. The number of nitrogens with zero attached hydrogens (tertiary/aromatic N) is 1. The van der Waals surface area contributed by atoms with Crippen LogP contribution in [0.25, 0.3) is 5.70 Å². The fourth-order valence-corrected chi connectivity index (χ4v) is 3.37. The molecule has 0 bridgehead atoms. The summed E-state index contributed by atoms with van der Waals surface area (Å²) < 4.78 is 0.225. The number of aromatic nitrogens is 2. The summed E-state index contributed by atoms with van der Waals surface area (Å²) in [7, 11) is 0. The van der Waals surface area contributed by atoms with E-state index in [1.165, 1.54) is 12.1 Å². The number of rotatable bonds is 3. The van der Waals surface area contributed by atoms with Crippen molar-refractivity contribution < 1.29 is 4.92 Å². The molecule has 4 rings (SSSR count). The van der Waals surface area contributed by atoms with Gasteiger partial charge in [0.05, 0.1) is 10.5 Å². The van der Waals surface area contributed by atoms with Gasteiger partial charge in [-0.15, -0.1) is 0 Å². The van der Waals surface area contributed by atoms with Gasteiger partial charge in [0, 0.05) is 23.7 Å². The van der Waals surface area contributed by atoms with E-state index in [1.54, 1.807) is 12.1 Å². The van der Waals surface area contributed by atoms with Gasteiger partial charge in [0.15, 0.2) is 4.77 Å². The van der Waals surface area contributed by atoms with Crippen LogP contribution >= 0.6 is 12.2 Å². The lowest BCUT2D eigenvalue weighted by Gasteiger charge is -2.25. The van der Waals surface area contributed by atoms with Crippen molar-refractivity contribution in [3.8, 4) is 0 Å². The maximum Gasteiger partial charge on any atom is 0.269 e. The van der Waals surface area contributed by atoms with Gasteiger partial charge in [-0.3, -0.25) is 19.9 Å². The highest BCUT2D eigenvalue weighted by molar-refractivity contribution is 7.71. The first kappa shape index (κ1) is 16.9. The van der Waals surface area contributed by atoms with E-state index in [9.17, 15) is 14.9 Å². The SMILES string of the molecule is O=c1[nH]c(=S)[nH]c2c1C(c1ccccc1)C=C(c1ccc([N+](=O)[O-])cc1)N2. The van der Waals surface area contributed by atoms with Crippen LogP contribution in [0.15, 0.2) is 65.5 Å². The molecular weight excluding hydrogens is 364 g/mol. The Morgan fingerprint density at radius 3 is 2.37 bits per heavy atom. The smallest absolute Gasteiger partial charge is 0.269 e. The maximum atomic E-state index is 12.5. The van der Waals surface area contributed by atoms with Crippen LogP contribution in [0.5, 0.6) is 0 Å². The van der Waals surface area contributed by atoms with Crippen molar-refractivity contribution >= 4 is 29.4 Å². The molecule has 0 amide bonds. The van der Waals surface area contributed by atoms with Gasteiger partial charge in [-0.2, -0.15) is 0 Å². The van der Waals surface area contributed by atoms with E-state index in [2.05, 4.69) is 15.3 Å². The summed E-state index contributed by atoms with van der Waals surface area (Å²) in [6, 6.07) is 15.9. The van der Waals surface area contributed by atoms with Crippen LogP contribution in [0.1, 0.15) is 22.6 Å². The molecule has 3 N–H and O–H groups in total. The lowest BCUT2D eigenvalue weighted by molar-refractivity contribution is -0.384. The first-order valence-corrected chi connectivity index (χ1v) is 8.59. The number of nitro groups is 1. The zero-order chi connectivity index (χ0) is 19.0. The molecule has 2 aromatic carbocycles. The van der Waals surface area contributed by atoms with Gasteiger partial charge in [0.1, 0.15) is 5.82 Å². The normalized spacial score (nSPS) is 15.4. The molecule has 0 radical (unpaired) electrons. The van der Waals surface area contributed by atoms with Gasteiger partial charge in [-0.1, -0.05) is 30.3 Å². The minimum absolute atomic E-state index is 0.0195. The van der Waals surface area contributed by atoms with E-state index in [1.807, 2.05) is 36.4 Å². The van der Waals surface area contributed by atoms with Crippen LogP contribution in [0.3, 0.4) is 0 Å². The van der Waals surface area contributed by atoms with Crippen molar-refractivity contribution in [1.82, 2.24) is 9.97 Å². The Morgan fingerprint density at radius 1 is 1.00 bits per heavy atom. The number of allylic oxidation sites excluding steroid dienone is 1. The Bertz CT molecular complexity index is 1160. The average Bonchev–Trinajstić information content (AvgIpc) is 2.67. The highest BCUT2D eigenvalue weighted by Crippen LogP contribution is 2.36. The van der Waals surface area contributed by atoms with Crippen LogP contribution in [0.4, 0.5) is 11.5 Å². The molecule has 0 aliphatic carbocycles. The third kappa shape index (κ3) is 3.18. The van der Waals surface area contributed by atoms with Crippen molar-refractivity contribution in [3.63, 3.8) is 0 Å². The second-order valence-corrected chi connectivity index (χ2v) is 6.50. The minimum Gasteiger partial charge on any atom is -0.341 e. The van der Waals surface area contributed by atoms with Gasteiger partial charge in [0.25, 0.3) is 11.2 Å². The molecule has 1 aliphatic rings. The number of hydrogen-bond donors (Lipinski definition) is 3. The first-order valence-electron chi connectivity index (χ1n) is 8.18. The number of aromatic amines is 2. The summed E-state index contributed by atoms with van der Waals surface area (Å²) in [6.45, 7) is 0. The number of hydrogen-bond acceptors (Lipinski definition) is 5. The first-order chi connectivity index (χ1) is 13.0. The Balaban J connectivity index is 1.87. The highest BCUT2D eigenvalue weighted by atomic mass is 32.1. The maximum absolute atomic E-state index is 12.5. The Hall–Kier alpha value is -3.52. The second kappa shape index (κ2) is 6.65. The molecule has 27 heavy (non-hydrogen) atoms. The Kier molecular flexibility index (Phi) is 4.17. The molecule has 2 heterocycles. The van der Waals surface area contributed by atoms with Crippen molar-refractivity contribution in [3.05, 3.63) is 103 Å². The van der Waals surface area contributed by atoms with Gasteiger partial charge in [-0.25, -0.2) is 0 Å². The molecule has 0 saturated carbocycles. The lowest BCUT2D eigenvalue weighted by atomic mass is 9.88. The molecule has 0 saturated heterocycles. The number of anilines is 1. The van der Waals surface area contributed by atoms with E-state index in [0.717, 1.165) is 16.8 Å². The topological polar surface area (TPSA) is 104 Å². The predicted octanol–water partition coefficient (Wildman–Crippen LogP) is 3.94. The molecule has 0 fully saturated rings. The molecule has 134 valence electrons. The Labute approximate surface area is 158 Å². The summed E-state index contributed by atoms with van der Waals surface area (Å²) in [5, 5.41) is 14.1. The lowest BCUT2D eigenvalue weighted by Crippen LogP contribution is -2.24. The van der Waals surface area contributed by atoms with Gasteiger partial charge >= 0.3 is 0 Å². The van der Waals surface area contributed by atoms with Crippen molar-refractivity contribution in [2.24, 2.45) is 0 Å². The van der Waals surface area contributed by atoms with E-state index < -0.39 is 4.92 Å². The van der Waals surface area contributed by atoms with E-state index in [4.69, 9.17) is 12.2 Å². The summed E-state index contributed by atoms with van der Waals surface area (Å²) in [6.07, 6.45) is 1.94.